The molecule has 1 aliphatic heterocycles. The zero-order chi connectivity index (χ0) is 15.9. The van der Waals surface area contributed by atoms with Crippen LogP contribution in [-0.2, 0) is 4.79 Å². The number of carbonyl (C=O) groups is 1. The third-order valence-corrected chi connectivity index (χ3v) is 4.28. The fraction of sp³-hybridized carbons (Fsp3) is 0.611. The molecule has 0 spiro atoms. The van der Waals surface area contributed by atoms with Crippen LogP contribution in [0.25, 0.3) is 0 Å². The maximum atomic E-state index is 12.2. The first kappa shape index (κ1) is 16.8. The van der Waals surface area contributed by atoms with E-state index in [0.717, 1.165) is 38.0 Å². The number of carbonyl (C=O) groups excluding carboxylic acids is 1. The summed E-state index contributed by atoms with van der Waals surface area (Å²) < 4.78 is 5.71. The van der Waals surface area contributed by atoms with Gasteiger partial charge < -0.3 is 15.4 Å². The van der Waals surface area contributed by atoms with Crippen molar-refractivity contribution in [2.45, 2.75) is 58.0 Å². The van der Waals surface area contributed by atoms with Crippen molar-refractivity contribution in [3.8, 4) is 5.75 Å². The first-order valence-electron chi connectivity index (χ1n) is 8.31. The lowest BCUT2D eigenvalue weighted by atomic mass is 9.98. The summed E-state index contributed by atoms with van der Waals surface area (Å²) in [4.78, 5) is 14.2. The number of hydrogen-bond donors (Lipinski definition) is 1. The van der Waals surface area contributed by atoms with Crippen LogP contribution in [0, 0.1) is 6.92 Å². The minimum absolute atomic E-state index is 0.252. The van der Waals surface area contributed by atoms with Crippen molar-refractivity contribution in [1.29, 1.82) is 0 Å². The number of amides is 1. The molecule has 2 atom stereocenters. The third kappa shape index (κ3) is 5.02. The van der Waals surface area contributed by atoms with Crippen molar-refractivity contribution >= 4 is 5.91 Å². The Morgan fingerprint density at radius 2 is 2.23 bits per heavy atom. The number of ether oxygens (including phenoxy) is 1. The number of nitrogens with two attached hydrogens (primary N) is 1. The average molecular weight is 304 g/mol. The van der Waals surface area contributed by atoms with Crippen LogP contribution >= 0.6 is 0 Å². The number of hydrogen-bond acceptors (Lipinski definition) is 3. The molecule has 2 N–H and O–H groups in total. The summed E-state index contributed by atoms with van der Waals surface area (Å²) in [7, 11) is 0. The molecule has 0 unspecified atom stereocenters. The van der Waals surface area contributed by atoms with Gasteiger partial charge in [0.05, 0.1) is 6.61 Å². The smallest absolute Gasteiger partial charge is 0.222 e. The summed E-state index contributed by atoms with van der Waals surface area (Å²) in [5, 5.41) is 0. The van der Waals surface area contributed by atoms with Crippen LogP contribution in [0.4, 0.5) is 0 Å². The second-order valence-electron chi connectivity index (χ2n) is 6.34. The first-order valence-corrected chi connectivity index (χ1v) is 8.31. The van der Waals surface area contributed by atoms with Gasteiger partial charge in [0.1, 0.15) is 5.75 Å². The number of aryl methyl sites for hydroxylation is 1. The van der Waals surface area contributed by atoms with Crippen LogP contribution in [0.5, 0.6) is 5.75 Å². The van der Waals surface area contributed by atoms with Gasteiger partial charge in [0.2, 0.25) is 5.91 Å². The molecule has 4 heteroatoms. The molecular weight excluding hydrogens is 276 g/mol. The van der Waals surface area contributed by atoms with Crippen molar-refractivity contribution in [2.75, 3.05) is 13.2 Å². The number of piperidine rings is 1. The van der Waals surface area contributed by atoms with Crippen molar-refractivity contribution in [3.05, 3.63) is 29.8 Å². The van der Waals surface area contributed by atoms with Crippen molar-refractivity contribution in [1.82, 2.24) is 4.90 Å². The summed E-state index contributed by atoms with van der Waals surface area (Å²) in [6.07, 6.45) is 4.23. The van der Waals surface area contributed by atoms with E-state index in [0.29, 0.717) is 13.0 Å². The molecule has 22 heavy (non-hydrogen) atoms. The Hall–Kier alpha value is -1.55. The highest BCUT2D eigenvalue weighted by atomic mass is 16.5. The number of benzene rings is 1. The van der Waals surface area contributed by atoms with E-state index in [1.807, 2.05) is 23.1 Å². The maximum absolute atomic E-state index is 12.2. The van der Waals surface area contributed by atoms with Gasteiger partial charge in [-0.05, 0) is 57.2 Å². The number of likely N-dealkylation sites (tertiary alicyclic amines) is 1. The van der Waals surface area contributed by atoms with Crippen LogP contribution in [0.15, 0.2) is 24.3 Å². The van der Waals surface area contributed by atoms with Gasteiger partial charge in [0, 0.05) is 25.0 Å². The number of nitrogens with zero attached hydrogens (tertiary/aromatic N) is 1. The SMILES string of the molecule is Cc1cccc(OCCCCC(=O)N2CC[C@H](N)C[C@@H]2C)c1. The Morgan fingerprint density at radius 1 is 1.41 bits per heavy atom. The lowest BCUT2D eigenvalue weighted by Crippen LogP contribution is -2.48. The van der Waals surface area contributed by atoms with E-state index in [4.69, 9.17) is 10.5 Å². The molecule has 1 amide bonds. The van der Waals surface area contributed by atoms with Gasteiger partial charge in [-0.1, -0.05) is 12.1 Å². The molecule has 1 fully saturated rings. The van der Waals surface area contributed by atoms with Crippen molar-refractivity contribution < 1.29 is 9.53 Å². The van der Waals surface area contributed by atoms with Gasteiger partial charge in [-0.25, -0.2) is 0 Å². The standard InChI is InChI=1S/C18H28N2O2/c1-14-6-5-7-17(12-14)22-11-4-3-8-18(21)20-10-9-16(19)13-15(20)2/h5-7,12,15-16H,3-4,8-11,13,19H2,1-2H3/t15-,16-/m0/s1. The zero-order valence-electron chi connectivity index (χ0n) is 13.8. The predicted molar refractivity (Wildman–Crippen MR) is 88.9 cm³/mol. The molecule has 1 aliphatic rings. The van der Waals surface area contributed by atoms with Crippen LogP contribution in [0.2, 0.25) is 0 Å². The summed E-state index contributed by atoms with van der Waals surface area (Å²) in [5.41, 5.74) is 7.14. The fourth-order valence-electron chi connectivity index (χ4n) is 3.00. The van der Waals surface area contributed by atoms with Crippen LogP contribution in [0.1, 0.15) is 44.6 Å². The quantitative estimate of drug-likeness (QED) is 0.822. The van der Waals surface area contributed by atoms with Crippen LogP contribution in [0.3, 0.4) is 0 Å². The molecule has 0 radical (unpaired) electrons. The molecule has 1 aromatic rings. The monoisotopic (exact) mass is 304 g/mol. The Labute approximate surface area is 133 Å². The van der Waals surface area contributed by atoms with Gasteiger partial charge in [-0.3, -0.25) is 4.79 Å². The van der Waals surface area contributed by atoms with E-state index < -0.39 is 0 Å². The zero-order valence-corrected chi connectivity index (χ0v) is 13.8. The van der Waals surface area contributed by atoms with Gasteiger partial charge in [0.15, 0.2) is 0 Å². The number of rotatable bonds is 6. The molecule has 0 saturated carbocycles. The normalized spacial score (nSPS) is 21.7. The lowest BCUT2D eigenvalue weighted by Gasteiger charge is -2.36. The minimum Gasteiger partial charge on any atom is -0.494 e. The Morgan fingerprint density at radius 3 is 2.95 bits per heavy atom. The van der Waals surface area contributed by atoms with E-state index in [2.05, 4.69) is 19.9 Å². The van der Waals surface area contributed by atoms with E-state index in [9.17, 15) is 4.79 Å². The van der Waals surface area contributed by atoms with Crippen molar-refractivity contribution in [3.63, 3.8) is 0 Å². The topological polar surface area (TPSA) is 55.6 Å². The number of unbranched alkanes of at least 4 members (excludes halogenated alkanes) is 1. The van der Waals surface area contributed by atoms with Crippen molar-refractivity contribution in [2.24, 2.45) is 5.73 Å². The predicted octanol–water partition coefficient (Wildman–Crippen LogP) is 2.88. The molecule has 122 valence electrons. The van der Waals surface area contributed by atoms with Gasteiger partial charge in [0.25, 0.3) is 0 Å². The lowest BCUT2D eigenvalue weighted by molar-refractivity contribution is -0.134. The van der Waals surface area contributed by atoms with E-state index in [1.54, 1.807) is 0 Å². The molecule has 2 rings (SSSR count). The molecule has 4 nitrogen and oxygen atoms in total. The average Bonchev–Trinajstić information content (AvgIpc) is 2.46. The van der Waals surface area contributed by atoms with Gasteiger partial charge >= 0.3 is 0 Å². The molecule has 0 bridgehead atoms. The highest BCUT2D eigenvalue weighted by molar-refractivity contribution is 5.76. The fourth-order valence-corrected chi connectivity index (χ4v) is 3.00. The summed E-state index contributed by atoms with van der Waals surface area (Å²) in [6.45, 7) is 5.62. The molecule has 1 saturated heterocycles. The first-order chi connectivity index (χ1) is 10.6. The molecule has 1 aromatic carbocycles. The largest absolute Gasteiger partial charge is 0.494 e. The van der Waals surface area contributed by atoms with E-state index in [1.165, 1.54) is 5.56 Å². The third-order valence-electron chi connectivity index (χ3n) is 4.28. The van der Waals surface area contributed by atoms with Crippen LogP contribution < -0.4 is 10.5 Å². The Balaban J connectivity index is 1.63. The minimum atomic E-state index is 0.252. The Bertz CT molecular complexity index is 490. The molecule has 0 aliphatic carbocycles. The highest BCUT2D eigenvalue weighted by Crippen LogP contribution is 2.18. The molecule has 0 aromatic heterocycles. The highest BCUT2D eigenvalue weighted by Gasteiger charge is 2.26. The maximum Gasteiger partial charge on any atom is 0.222 e. The molecular formula is C18H28N2O2. The summed E-state index contributed by atoms with van der Waals surface area (Å²) in [6, 6.07) is 8.58. The molecule has 1 heterocycles. The van der Waals surface area contributed by atoms with Gasteiger partial charge in [-0.2, -0.15) is 0 Å². The summed E-state index contributed by atoms with van der Waals surface area (Å²) >= 11 is 0. The summed E-state index contributed by atoms with van der Waals surface area (Å²) in [5.74, 6) is 1.17. The second kappa shape index (κ2) is 8.18. The van der Waals surface area contributed by atoms with E-state index >= 15 is 0 Å². The van der Waals surface area contributed by atoms with Gasteiger partial charge in [-0.15, -0.1) is 0 Å². The Kier molecular flexibility index (Phi) is 6.25. The van der Waals surface area contributed by atoms with Crippen LogP contribution in [-0.4, -0.2) is 36.0 Å². The van der Waals surface area contributed by atoms with E-state index in [-0.39, 0.29) is 18.0 Å². The second-order valence-corrected chi connectivity index (χ2v) is 6.34.